The molecular formula is C22H35N3O3. The fourth-order valence-electron chi connectivity index (χ4n) is 3.93. The van der Waals surface area contributed by atoms with E-state index in [1.54, 1.807) is 0 Å². The van der Waals surface area contributed by atoms with Crippen LogP contribution < -0.4 is 5.32 Å². The maximum Gasteiger partial charge on any atom is 0.317 e. The van der Waals surface area contributed by atoms with Crippen LogP contribution in [0.3, 0.4) is 0 Å². The van der Waals surface area contributed by atoms with Gasteiger partial charge in [-0.15, -0.1) is 0 Å². The number of rotatable bonds is 5. The highest BCUT2D eigenvalue weighted by Crippen LogP contribution is 2.33. The third-order valence-corrected chi connectivity index (χ3v) is 5.50. The molecule has 2 atom stereocenters. The van der Waals surface area contributed by atoms with E-state index in [9.17, 15) is 9.59 Å². The molecule has 2 unspecified atom stereocenters. The molecule has 2 amide bonds. The lowest BCUT2D eigenvalue weighted by Gasteiger charge is -2.34. The Kier molecular flexibility index (Phi) is 7.47. The van der Waals surface area contributed by atoms with Gasteiger partial charge in [-0.2, -0.15) is 0 Å². The molecular weight excluding hydrogens is 354 g/mol. The number of carboxylic acids is 1. The summed E-state index contributed by atoms with van der Waals surface area (Å²) in [5.74, 6) is -0.812. The lowest BCUT2D eigenvalue weighted by Crippen LogP contribution is -2.45. The van der Waals surface area contributed by atoms with E-state index in [0.29, 0.717) is 13.1 Å². The number of urea groups is 1. The fourth-order valence-corrected chi connectivity index (χ4v) is 3.93. The maximum atomic E-state index is 13.0. The fraction of sp³-hybridized carbons (Fsp3) is 0.636. The minimum absolute atomic E-state index is 0.0380. The molecule has 1 heterocycles. The Morgan fingerprint density at radius 3 is 2.61 bits per heavy atom. The molecule has 1 aromatic rings. The smallest absolute Gasteiger partial charge is 0.317 e. The van der Waals surface area contributed by atoms with Crippen LogP contribution in [0.4, 0.5) is 4.79 Å². The monoisotopic (exact) mass is 389 g/mol. The molecule has 2 rings (SSSR count). The van der Waals surface area contributed by atoms with Crippen molar-refractivity contribution in [2.45, 2.75) is 59.0 Å². The first-order valence-corrected chi connectivity index (χ1v) is 10.1. The minimum Gasteiger partial charge on any atom is -0.480 e. The average molecular weight is 390 g/mol. The van der Waals surface area contributed by atoms with Crippen LogP contribution in [0.25, 0.3) is 0 Å². The van der Waals surface area contributed by atoms with Crippen molar-refractivity contribution in [2.75, 3.05) is 26.7 Å². The van der Waals surface area contributed by atoms with Crippen LogP contribution in [0.2, 0.25) is 0 Å². The molecule has 0 bridgehead atoms. The van der Waals surface area contributed by atoms with Gasteiger partial charge in [-0.1, -0.05) is 50.6 Å². The van der Waals surface area contributed by atoms with Crippen molar-refractivity contribution in [3.8, 4) is 0 Å². The summed E-state index contributed by atoms with van der Waals surface area (Å²) in [7, 11) is 1.85. The van der Waals surface area contributed by atoms with E-state index >= 15 is 0 Å². The van der Waals surface area contributed by atoms with Gasteiger partial charge in [0.25, 0.3) is 0 Å². The molecule has 0 aromatic heterocycles. The normalized spacial score (nSPS) is 19.2. The molecule has 6 heteroatoms. The van der Waals surface area contributed by atoms with E-state index in [0.717, 1.165) is 24.8 Å². The Morgan fingerprint density at radius 2 is 2.00 bits per heavy atom. The first-order chi connectivity index (χ1) is 13.1. The van der Waals surface area contributed by atoms with Gasteiger partial charge in [-0.05, 0) is 44.2 Å². The molecule has 2 N–H and O–H groups in total. The van der Waals surface area contributed by atoms with Gasteiger partial charge in [-0.3, -0.25) is 9.69 Å². The number of likely N-dealkylation sites (N-methyl/N-ethyl adjacent to an activating group) is 1. The third-order valence-electron chi connectivity index (χ3n) is 5.50. The number of nitrogens with one attached hydrogen (secondary N) is 1. The van der Waals surface area contributed by atoms with Crippen molar-refractivity contribution in [3.63, 3.8) is 0 Å². The van der Waals surface area contributed by atoms with Gasteiger partial charge in [0.15, 0.2) is 0 Å². The second-order valence-electron chi connectivity index (χ2n) is 9.04. The quantitative estimate of drug-likeness (QED) is 0.806. The van der Waals surface area contributed by atoms with Crippen molar-refractivity contribution in [2.24, 2.45) is 5.41 Å². The van der Waals surface area contributed by atoms with Gasteiger partial charge in [0, 0.05) is 19.1 Å². The molecule has 28 heavy (non-hydrogen) atoms. The van der Waals surface area contributed by atoms with Gasteiger partial charge in [0.2, 0.25) is 0 Å². The Labute approximate surface area is 168 Å². The summed E-state index contributed by atoms with van der Waals surface area (Å²) in [6, 6.07) is 8.39. The minimum atomic E-state index is -0.812. The molecule has 1 aliphatic rings. The van der Waals surface area contributed by atoms with Crippen molar-refractivity contribution < 1.29 is 14.7 Å². The second kappa shape index (κ2) is 9.41. The van der Waals surface area contributed by atoms with Gasteiger partial charge in [-0.25, -0.2) is 4.79 Å². The second-order valence-corrected chi connectivity index (χ2v) is 9.04. The van der Waals surface area contributed by atoms with E-state index in [2.05, 4.69) is 51.2 Å². The maximum absolute atomic E-state index is 13.0. The zero-order chi connectivity index (χ0) is 20.9. The van der Waals surface area contributed by atoms with Crippen molar-refractivity contribution >= 4 is 12.0 Å². The topological polar surface area (TPSA) is 72.9 Å². The van der Waals surface area contributed by atoms with E-state index in [4.69, 9.17) is 5.11 Å². The van der Waals surface area contributed by atoms with Crippen molar-refractivity contribution in [1.82, 2.24) is 15.1 Å². The highest BCUT2D eigenvalue weighted by molar-refractivity contribution is 5.75. The SMILES string of the molecule is Cc1cccc(C(NC(=O)N2CCCC(N(C)CC(=O)O)CC2)C(C)(C)C)c1. The summed E-state index contributed by atoms with van der Waals surface area (Å²) in [6.07, 6.45) is 2.59. The van der Waals surface area contributed by atoms with Crippen molar-refractivity contribution in [1.29, 1.82) is 0 Å². The first-order valence-electron chi connectivity index (χ1n) is 10.1. The molecule has 0 aliphatic carbocycles. The largest absolute Gasteiger partial charge is 0.480 e. The van der Waals surface area contributed by atoms with Crippen LogP contribution in [0.1, 0.15) is 57.2 Å². The number of likely N-dealkylation sites (tertiary alicyclic amines) is 1. The highest BCUT2D eigenvalue weighted by Gasteiger charge is 2.30. The molecule has 0 radical (unpaired) electrons. The summed E-state index contributed by atoms with van der Waals surface area (Å²) < 4.78 is 0. The van der Waals surface area contributed by atoms with Gasteiger partial charge < -0.3 is 15.3 Å². The van der Waals surface area contributed by atoms with E-state index in [1.807, 2.05) is 22.9 Å². The lowest BCUT2D eigenvalue weighted by atomic mass is 9.82. The summed E-state index contributed by atoms with van der Waals surface area (Å²) in [4.78, 5) is 27.8. The molecule has 1 saturated heterocycles. The predicted octanol–water partition coefficient (Wildman–Crippen LogP) is 3.66. The number of hydrogen-bond donors (Lipinski definition) is 2. The number of carbonyl (C=O) groups is 2. The first kappa shape index (κ1) is 22.2. The Morgan fingerprint density at radius 1 is 1.29 bits per heavy atom. The molecule has 1 aliphatic heterocycles. The van der Waals surface area contributed by atoms with Crippen LogP contribution in [0, 0.1) is 12.3 Å². The number of amides is 2. The lowest BCUT2D eigenvalue weighted by molar-refractivity contribution is -0.138. The molecule has 6 nitrogen and oxygen atoms in total. The van der Waals surface area contributed by atoms with Gasteiger partial charge in [0.05, 0.1) is 12.6 Å². The van der Waals surface area contributed by atoms with Crippen LogP contribution in [-0.4, -0.2) is 59.6 Å². The number of benzene rings is 1. The van der Waals surface area contributed by atoms with Crippen LogP contribution in [0.15, 0.2) is 24.3 Å². The Bertz CT molecular complexity index is 684. The number of hydrogen-bond acceptors (Lipinski definition) is 3. The average Bonchev–Trinajstić information content (AvgIpc) is 2.84. The molecule has 0 saturated carbocycles. The standard InChI is InChI=1S/C22H35N3O3/c1-16-8-6-9-17(14-16)20(22(2,3)4)23-21(28)25-12-7-10-18(11-13-25)24(5)15-19(26)27/h6,8-9,14,18,20H,7,10-13,15H2,1-5H3,(H,23,28)(H,26,27). The van der Waals surface area contributed by atoms with E-state index < -0.39 is 5.97 Å². The van der Waals surface area contributed by atoms with E-state index in [1.165, 1.54) is 5.56 Å². The number of carboxylic acid groups (broad SMARTS) is 1. The van der Waals surface area contributed by atoms with Crippen LogP contribution >= 0.6 is 0 Å². The Balaban J connectivity index is 2.04. The molecule has 1 fully saturated rings. The highest BCUT2D eigenvalue weighted by atomic mass is 16.4. The number of aliphatic carboxylic acids is 1. The molecule has 1 aromatic carbocycles. The zero-order valence-electron chi connectivity index (χ0n) is 17.9. The van der Waals surface area contributed by atoms with Gasteiger partial charge >= 0.3 is 12.0 Å². The summed E-state index contributed by atoms with van der Waals surface area (Å²) in [5, 5.41) is 12.3. The van der Waals surface area contributed by atoms with Crippen molar-refractivity contribution in [3.05, 3.63) is 35.4 Å². The zero-order valence-corrected chi connectivity index (χ0v) is 17.9. The van der Waals surface area contributed by atoms with Crippen LogP contribution in [-0.2, 0) is 4.79 Å². The van der Waals surface area contributed by atoms with E-state index in [-0.39, 0.29) is 30.1 Å². The number of carbonyl (C=O) groups excluding carboxylic acids is 1. The number of nitrogens with zero attached hydrogens (tertiary/aromatic N) is 2. The third kappa shape index (κ3) is 6.23. The van der Waals surface area contributed by atoms with Gasteiger partial charge in [0.1, 0.15) is 0 Å². The van der Waals surface area contributed by atoms with Crippen LogP contribution in [0.5, 0.6) is 0 Å². The number of aryl methyl sites for hydroxylation is 1. The Hall–Kier alpha value is -2.08. The summed E-state index contributed by atoms with van der Waals surface area (Å²) >= 11 is 0. The molecule has 0 spiro atoms. The summed E-state index contributed by atoms with van der Waals surface area (Å²) in [5.41, 5.74) is 2.19. The summed E-state index contributed by atoms with van der Waals surface area (Å²) in [6.45, 7) is 9.86. The predicted molar refractivity (Wildman–Crippen MR) is 111 cm³/mol. The molecule has 156 valence electrons.